The number of non-ortho nitro benzene ring substituents is 1. The number of rotatable bonds is 5. The second-order valence-electron chi connectivity index (χ2n) is 7.71. The molecule has 1 unspecified atom stereocenters. The molecule has 0 aliphatic carbocycles. The highest BCUT2D eigenvalue weighted by Gasteiger charge is 2.30. The lowest BCUT2D eigenvalue weighted by molar-refractivity contribution is -0.478. The maximum Gasteiger partial charge on any atom is 0.275 e. The Morgan fingerprint density at radius 2 is 1.68 bits per heavy atom. The third-order valence-corrected chi connectivity index (χ3v) is 5.59. The third-order valence-electron chi connectivity index (χ3n) is 5.59. The first-order valence-electron chi connectivity index (χ1n) is 10.3. The van der Waals surface area contributed by atoms with Crippen LogP contribution >= 0.6 is 0 Å². The highest BCUT2D eigenvalue weighted by atomic mass is 16.6. The second kappa shape index (κ2) is 8.97. The van der Waals surface area contributed by atoms with Gasteiger partial charge in [-0.05, 0) is 37.3 Å². The molecule has 0 radical (unpaired) electrons. The number of hydrogen-bond donors (Lipinski definition) is 1. The summed E-state index contributed by atoms with van der Waals surface area (Å²) in [5.41, 5.74) is 3.48. The predicted octanol–water partition coefficient (Wildman–Crippen LogP) is 3.47. The van der Waals surface area contributed by atoms with Gasteiger partial charge in [-0.3, -0.25) is 20.2 Å². The van der Waals surface area contributed by atoms with Gasteiger partial charge in [0.1, 0.15) is 5.69 Å². The molecule has 158 valence electrons. The van der Waals surface area contributed by atoms with Crippen LogP contribution in [0, 0.1) is 10.1 Å². The van der Waals surface area contributed by atoms with E-state index in [4.69, 9.17) is 0 Å². The minimum atomic E-state index is -0.369. The lowest BCUT2D eigenvalue weighted by Crippen LogP contribution is -2.71. The Morgan fingerprint density at radius 3 is 2.32 bits per heavy atom. The number of anilines is 1. The van der Waals surface area contributed by atoms with E-state index < -0.39 is 0 Å². The van der Waals surface area contributed by atoms with Crippen LogP contribution in [0.2, 0.25) is 0 Å². The van der Waals surface area contributed by atoms with Crippen molar-refractivity contribution in [3.8, 4) is 0 Å². The molecule has 3 aromatic rings. The van der Waals surface area contributed by atoms with Crippen molar-refractivity contribution in [1.29, 1.82) is 0 Å². The molecule has 1 atom stereocenters. The van der Waals surface area contributed by atoms with Gasteiger partial charge in [-0.15, -0.1) is 0 Å². The molecular weight excluding hydrogens is 392 g/mol. The average molecular weight is 417 g/mol. The van der Waals surface area contributed by atoms with Gasteiger partial charge in [-0.1, -0.05) is 36.4 Å². The first-order valence-corrected chi connectivity index (χ1v) is 10.3. The topological polar surface area (TPSA) is 83.3 Å². The molecule has 0 aromatic heterocycles. The SMILES string of the molecule is CC1CN(C(=O)c2ccccc2)CCN1c1ccc([N+](=O)[O-])cc1[NH2+]c1ccccc1. The van der Waals surface area contributed by atoms with E-state index in [-0.39, 0.29) is 22.6 Å². The van der Waals surface area contributed by atoms with Gasteiger partial charge in [0, 0.05) is 37.3 Å². The van der Waals surface area contributed by atoms with Crippen LogP contribution < -0.4 is 10.2 Å². The number of carbonyl (C=O) groups is 1. The minimum absolute atomic E-state index is 0.0341. The molecule has 1 aliphatic rings. The van der Waals surface area contributed by atoms with E-state index in [1.54, 1.807) is 12.1 Å². The number of carbonyl (C=O) groups excluding carboxylic acids is 1. The summed E-state index contributed by atoms with van der Waals surface area (Å²) in [7, 11) is 0. The van der Waals surface area contributed by atoms with Gasteiger partial charge in [-0.25, -0.2) is 0 Å². The Kier molecular flexibility index (Phi) is 5.95. The molecule has 1 aliphatic heterocycles. The number of nitrogens with two attached hydrogens (primary N) is 1. The number of nitro groups is 1. The number of piperazine rings is 1. The smallest absolute Gasteiger partial charge is 0.275 e. The van der Waals surface area contributed by atoms with Crippen molar-refractivity contribution in [2.24, 2.45) is 0 Å². The van der Waals surface area contributed by atoms with Crippen LogP contribution in [0.15, 0.2) is 78.9 Å². The number of amides is 1. The predicted molar refractivity (Wildman–Crippen MR) is 120 cm³/mol. The van der Waals surface area contributed by atoms with Crippen LogP contribution in [0.1, 0.15) is 17.3 Å². The first-order chi connectivity index (χ1) is 15.0. The zero-order valence-corrected chi connectivity index (χ0v) is 17.3. The van der Waals surface area contributed by atoms with E-state index in [1.807, 2.05) is 76.9 Å². The van der Waals surface area contributed by atoms with Crippen LogP contribution in [0.4, 0.5) is 22.7 Å². The van der Waals surface area contributed by atoms with E-state index in [9.17, 15) is 14.9 Å². The Labute approximate surface area is 181 Å². The highest BCUT2D eigenvalue weighted by molar-refractivity contribution is 5.94. The van der Waals surface area contributed by atoms with E-state index in [2.05, 4.69) is 11.8 Å². The maximum atomic E-state index is 12.8. The molecule has 0 spiro atoms. The molecular formula is C24H25N4O3+. The molecule has 0 bridgehead atoms. The van der Waals surface area contributed by atoms with Crippen molar-refractivity contribution in [1.82, 2.24) is 4.90 Å². The average Bonchev–Trinajstić information content (AvgIpc) is 2.80. The number of nitrogens with zero attached hydrogens (tertiary/aromatic N) is 3. The van der Waals surface area contributed by atoms with Gasteiger partial charge in [0.15, 0.2) is 5.69 Å². The maximum absolute atomic E-state index is 12.8. The quantitative estimate of drug-likeness (QED) is 0.391. The number of quaternary nitrogens is 1. The van der Waals surface area contributed by atoms with Gasteiger partial charge in [-0.2, -0.15) is 0 Å². The molecule has 7 heteroatoms. The molecule has 2 N–H and O–H groups in total. The summed E-state index contributed by atoms with van der Waals surface area (Å²) < 4.78 is 0. The molecule has 4 rings (SSSR count). The summed E-state index contributed by atoms with van der Waals surface area (Å²) >= 11 is 0. The van der Waals surface area contributed by atoms with Crippen molar-refractivity contribution in [3.05, 3.63) is 94.5 Å². The molecule has 1 saturated heterocycles. The van der Waals surface area contributed by atoms with Crippen molar-refractivity contribution >= 4 is 28.7 Å². The number of para-hydroxylation sites is 1. The van der Waals surface area contributed by atoms with Gasteiger partial charge in [0.25, 0.3) is 11.6 Å². The van der Waals surface area contributed by atoms with Crippen molar-refractivity contribution in [3.63, 3.8) is 0 Å². The second-order valence-corrected chi connectivity index (χ2v) is 7.71. The zero-order valence-electron chi connectivity index (χ0n) is 17.3. The third kappa shape index (κ3) is 4.57. The van der Waals surface area contributed by atoms with E-state index in [0.29, 0.717) is 25.2 Å². The van der Waals surface area contributed by atoms with E-state index in [1.165, 1.54) is 0 Å². The fraction of sp³-hybridized carbons (Fsp3) is 0.208. The normalized spacial score (nSPS) is 16.2. The number of benzene rings is 3. The van der Waals surface area contributed by atoms with Gasteiger partial charge in [0.2, 0.25) is 0 Å². The van der Waals surface area contributed by atoms with E-state index in [0.717, 1.165) is 17.1 Å². The van der Waals surface area contributed by atoms with Crippen LogP contribution in [0.5, 0.6) is 0 Å². The summed E-state index contributed by atoms with van der Waals surface area (Å²) in [6, 6.07) is 24.2. The number of hydrogen-bond acceptors (Lipinski definition) is 4. The zero-order chi connectivity index (χ0) is 21.8. The van der Waals surface area contributed by atoms with Crippen molar-refractivity contribution in [2.45, 2.75) is 13.0 Å². The summed E-state index contributed by atoms with van der Waals surface area (Å²) in [5.74, 6) is 0.0341. The Balaban J connectivity index is 1.57. The van der Waals surface area contributed by atoms with Crippen LogP contribution in [-0.2, 0) is 0 Å². The summed E-state index contributed by atoms with van der Waals surface area (Å²) in [5, 5.41) is 13.3. The largest absolute Gasteiger partial charge is 0.360 e. The number of nitro benzene ring substituents is 1. The first kappa shape index (κ1) is 20.6. The summed E-state index contributed by atoms with van der Waals surface area (Å²) in [4.78, 5) is 27.9. The monoisotopic (exact) mass is 417 g/mol. The van der Waals surface area contributed by atoms with Crippen LogP contribution in [-0.4, -0.2) is 41.4 Å². The molecule has 31 heavy (non-hydrogen) atoms. The Morgan fingerprint density at radius 1 is 1.00 bits per heavy atom. The fourth-order valence-corrected chi connectivity index (χ4v) is 4.02. The van der Waals surface area contributed by atoms with Gasteiger partial charge >= 0.3 is 0 Å². The molecule has 1 fully saturated rings. The van der Waals surface area contributed by atoms with Crippen LogP contribution in [0.3, 0.4) is 0 Å². The summed E-state index contributed by atoms with van der Waals surface area (Å²) in [6.45, 7) is 3.93. The fourth-order valence-electron chi connectivity index (χ4n) is 4.02. The highest BCUT2D eigenvalue weighted by Crippen LogP contribution is 2.30. The summed E-state index contributed by atoms with van der Waals surface area (Å²) in [6.07, 6.45) is 0. The van der Waals surface area contributed by atoms with E-state index >= 15 is 0 Å². The molecule has 7 nitrogen and oxygen atoms in total. The molecule has 1 heterocycles. The Hall–Kier alpha value is -3.71. The van der Waals surface area contributed by atoms with Gasteiger partial charge < -0.3 is 9.80 Å². The van der Waals surface area contributed by atoms with Crippen molar-refractivity contribution < 1.29 is 15.0 Å². The minimum Gasteiger partial charge on any atom is -0.360 e. The molecule has 0 saturated carbocycles. The lowest BCUT2D eigenvalue weighted by atomic mass is 10.1. The molecule has 1 amide bonds. The van der Waals surface area contributed by atoms with Gasteiger partial charge in [0.05, 0.1) is 16.7 Å². The lowest BCUT2D eigenvalue weighted by Gasteiger charge is -2.41. The Bertz CT molecular complexity index is 1070. The van der Waals surface area contributed by atoms with Crippen LogP contribution in [0.25, 0.3) is 0 Å². The molecule has 3 aromatic carbocycles. The van der Waals surface area contributed by atoms with Crippen molar-refractivity contribution in [2.75, 3.05) is 24.5 Å². The standard InChI is InChI=1S/C24H24N4O3/c1-18-17-26(24(29)19-8-4-2-5-9-19)14-15-27(18)23-13-12-21(28(30)31)16-22(23)25-20-10-6-3-7-11-20/h2-13,16,18,25H,14-15,17H2,1H3/p+1.